The Bertz CT molecular complexity index is 541. The summed E-state index contributed by atoms with van der Waals surface area (Å²) >= 11 is 6.27. The van der Waals surface area contributed by atoms with Crippen LogP contribution in [0.5, 0.6) is 0 Å². The van der Waals surface area contributed by atoms with Gasteiger partial charge >= 0.3 is 0 Å². The van der Waals surface area contributed by atoms with E-state index in [2.05, 4.69) is 11.0 Å². The van der Waals surface area contributed by atoms with Gasteiger partial charge in [0.2, 0.25) is 5.91 Å². The molecule has 0 aromatic heterocycles. The number of amides is 1. The molecular formula is C16H21ClN2O2. The number of benzene rings is 1. The van der Waals surface area contributed by atoms with Crippen molar-refractivity contribution in [2.45, 2.75) is 37.8 Å². The number of aliphatic hydroxyl groups is 1. The molecule has 3 N–H and O–H groups in total. The van der Waals surface area contributed by atoms with Crippen LogP contribution in [0.2, 0.25) is 5.02 Å². The van der Waals surface area contributed by atoms with Gasteiger partial charge < -0.3 is 10.8 Å². The predicted molar refractivity (Wildman–Crippen MR) is 82.0 cm³/mol. The quantitative estimate of drug-likeness (QED) is 0.896. The van der Waals surface area contributed by atoms with Crippen molar-refractivity contribution in [3.8, 4) is 0 Å². The molecule has 1 amide bonds. The van der Waals surface area contributed by atoms with Gasteiger partial charge in [-0.05, 0) is 61.9 Å². The van der Waals surface area contributed by atoms with Crippen molar-refractivity contribution < 1.29 is 9.90 Å². The zero-order valence-electron chi connectivity index (χ0n) is 12.0. The number of fused-ring (bicyclic) bond motifs is 1. The van der Waals surface area contributed by atoms with Crippen LogP contribution in [0, 0.1) is 5.92 Å². The highest BCUT2D eigenvalue weighted by Crippen LogP contribution is 2.40. The Balaban J connectivity index is 1.67. The van der Waals surface area contributed by atoms with Crippen molar-refractivity contribution in [1.29, 1.82) is 0 Å². The highest BCUT2D eigenvalue weighted by molar-refractivity contribution is 6.31. The molecule has 1 fully saturated rings. The monoisotopic (exact) mass is 308 g/mol. The maximum atomic E-state index is 11.1. The molecular weight excluding hydrogens is 288 g/mol. The Morgan fingerprint density at radius 2 is 2.05 bits per heavy atom. The number of carbonyl (C=O) groups excluding carboxylic acids is 1. The molecule has 1 aliphatic carbocycles. The van der Waals surface area contributed by atoms with Crippen molar-refractivity contribution in [2.75, 3.05) is 13.1 Å². The minimum absolute atomic E-state index is 0.000940. The van der Waals surface area contributed by atoms with Gasteiger partial charge in [0.1, 0.15) is 6.10 Å². The lowest BCUT2D eigenvalue weighted by molar-refractivity contribution is -0.129. The van der Waals surface area contributed by atoms with Gasteiger partial charge in [-0.2, -0.15) is 0 Å². The Morgan fingerprint density at radius 3 is 2.71 bits per heavy atom. The normalized spacial score (nSPS) is 24.8. The molecule has 114 valence electrons. The Morgan fingerprint density at radius 1 is 1.33 bits per heavy atom. The molecule has 0 spiro atoms. The lowest BCUT2D eigenvalue weighted by Gasteiger charge is -2.37. The number of aliphatic hydroxyl groups excluding tert-OH is 1. The molecule has 2 atom stereocenters. The first-order valence-electron chi connectivity index (χ1n) is 7.56. The zero-order valence-corrected chi connectivity index (χ0v) is 12.7. The second-order valence-electron chi connectivity index (χ2n) is 6.08. The summed E-state index contributed by atoms with van der Waals surface area (Å²) in [6, 6.07) is 6.57. The van der Waals surface area contributed by atoms with Gasteiger partial charge in [0.15, 0.2) is 0 Å². The van der Waals surface area contributed by atoms with Gasteiger partial charge in [-0.1, -0.05) is 23.7 Å². The first-order valence-corrected chi connectivity index (χ1v) is 7.94. The average molecular weight is 309 g/mol. The first kappa shape index (κ1) is 14.8. The molecule has 1 saturated heterocycles. The smallest absolute Gasteiger partial charge is 0.246 e. The molecule has 0 radical (unpaired) electrons. The second-order valence-corrected chi connectivity index (χ2v) is 6.49. The summed E-state index contributed by atoms with van der Waals surface area (Å²) < 4.78 is 0. The summed E-state index contributed by atoms with van der Waals surface area (Å²) in [4.78, 5) is 13.5. The molecule has 5 heteroatoms. The topological polar surface area (TPSA) is 66.6 Å². The number of piperidine rings is 1. The van der Waals surface area contributed by atoms with Crippen LogP contribution >= 0.6 is 11.6 Å². The van der Waals surface area contributed by atoms with E-state index >= 15 is 0 Å². The molecule has 0 saturated carbocycles. The van der Waals surface area contributed by atoms with Crippen LogP contribution in [-0.4, -0.2) is 35.1 Å². The Kier molecular flexibility index (Phi) is 4.20. The van der Waals surface area contributed by atoms with Crippen molar-refractivity contribution in [3.63, 3.8) is 0 Å². The van der Waals surface area contributed by atoms with E-state index in [0.717, 1.165) is 43.8 Å². The maximum absolute atomic E-state index is 11.1. The number of halogens is 1. The minimum atomic E-state index is -1.00. The van der Waals surface area contributed by atoms with Crippen molar-refractivity contribution >= 4 is 17.5 Å². The van der Waals surface area contributed by atoms with E-state index in [4.69, 9.17) is 17.3 Å². The summed E-state index contributed by atoms with van der Waals surface area (Å²) in [5, 5.41) is 10.7. The number of hydrogen-bond acceptors (Lipinski definition) is 3. The zero-order chi connectivity index (χ0) is 15.0. The van der Waals surface area contributed by atoms with Crippen LogP contribution in [0.1, 0.15) is 36.4 Å². The van der Waals surface area contributed by atoms with Crippen LogP contribution < -0.4 is 5.73 Å². The van der Waals surface area contributed by atoms with Crippen LogP contribution in [0.15, 0.2) is 18.2 Å². The van der Waals surface area contributed by atoms with Gasteiger partial charge in [-0.25, -0.2) is 0 Å². The fraction of sp³-hybridized carbons (Fsp3) is 0.562. The highest BCUT2D eigenvalue weighted by Gasteiger charge is 2.34. The molecule has 1 heterocycles. The number of nitrogens with zero attached hydrogens (tertiary/aromatic N) is 1. The fourth-order valence-electron chi connectivity index (χ4n) is 3.75. The van der Waals surface area contributed by atoms with Gasteiger partial charge in [0.25, 0.3) is 0 Å². The third-order valence-electron chi connectivity index (χ3n) is 4.93. The molecule has 4 nitrogen and oxygen atoms in total. The van der Waals surface area contributed by atoms with E-state index in [-0.39, 0.29) is 5.92 Å². The van der Waals surface area contributed by atoms with E-state index in [0.29, 0.717) is 6.04 Å². The molecule has 1 aliphatic heterocycles. The number of hydrogen-bond donors (Lipinski definition) is 2. The van der Waals surface area contributed by atoms with Gasteiger partial charge in [0, 0.05) is 11.1 Å². The summed E-state index contributed by atoms with van der Waals surface area (Å²) in [5.41, 5.74) is 7.81. The van der Waals surface area contributed by atoms with Gasteiger partial charge in [-0.15, -0.1) is 0 Å². The standard InChI is InChI=1S/C16H21ClN2O2/c17-13-3-1-2-12-11(13)4-5-14(12)19-8-6-10(7-9-19)15(20)16(18)21/h1-3,10,14-15,20H,4-9H2,(H2,18,21). The lowest BCUT2D eigenvalue weighted by Crippen LogP contribution is -2.43. The van der Waals surface area contributed by atoms with Crippen LogP contribution in [0.3, 0.4) is 0 Å². The van der Waals surface area contributed by atoms with Crippen molar-refractivity contribution in [3.05, 3.63) is 34.3 Å². The molecule has 1 aromatic rings. The van der Waals surface area contributed by atoms with E-state index in [1.54, 1.807) is 0 Å². The average Bonchev–Trinajstić information content (AvgIpc) is 2.92. The van der Waals surface area contributed by atoms with E-state index in [1.807, 2.05) is 12.1 Å². The molecule has 2 unspecified atom stereocenters. The third kappa shape index (κ3) is 2.80. The fourth-order valence-corrected chi connectivity index (χ4v) is 4.02. The van der Waals surface area contributed by atoms with Crippen LogP contribution in [0.4, 0.5) is 0 Å². The number of rotatable bonds is 3. The van der Waals surface area contributed by atoms with Crippen LogP contribution in [-0.2, 0) is 11.2 Å². The highest BCUT2D eigenvalue weighted by atomic mass is 35.5. The summed E-state index contributed by atoms with van der Waals surface area (Å²) in [5.74, 6) is -0.606. The summed E-state index contributed by atoms with van der Waals surface area (Å²) in [7, 11) is 0. The van der Waals surface area contributed by atoms with Crippen LogP contribution in [0.25, 0.3) is 0 Å². The minimum Gasteiger partial charge on any atom is -0.383 e. The third-order valence-corrected chi connectivity index (χ3v) is 5.29. The van der Waals surface area contributed by atoms with Crippen molar-refractivity contribution in [1.82, 2.24) is 4.90 Å². The molecule has 21 heavy (non-hydrogen) atoms. The molecule has 1 aromatic carbocycles. The number of nitrogens with two attached hydrogens (primary N) is 1. The number of carbonyl (C=O) groups is 1. The number of likely N-dealkylation sites (tertiary alicyclic amines) is 1. The second kappa shape index (κ2) is 5.95. The first-order chi connectivity index (χ1) is 10.1. The SMILES string of the molecule is NC(=O)C(O)C1CCN(C2CCc3c(Cl)cccc32)CC1. The lowest BCUT2D eigenvalue weighted by atomic mass is 9.89. The Hall–Kier alpha value is -1.10. The molecule has 3 rings (SSSR count). The van der Waals surface area contributed by atoms with Gasteiger partial charge in [-0.3, -0.25) is 9.69 Å². The van der Waals surface area contributed by atoms with E-state index in [9.17, 15) is 9.90 Å². The maximum Gasteiger partial charge on any atom is 0.246 e. The molecule has 2 aliphatic rings. The van der Waals surface area contributed by atoms with Crippen molar-refractivity contribution in [2.24, 2.45) is 11.7 Å². The summed E-state index contributed by atoms with van der Waals surface area (Å²) in [6.45, 7) is 1.79. The van der Waals surface area contributed by atoms with E-state index in [1.165, 1.54) is 11.1 Å². The predicted octanol–water partition coefficient (Wildman–Crippen LogP) is 1.89. The molecule has 0 bridgehead atoms. The Labute approximate surface area is 129 Å². The largest absolute Gasteiger partial charge is 0.383 e. The summed E-state index contributed by atoms with van der Waals surface area (Å²) in [6.07, 6.45) is 2.76. The number of primary amides is 1. The van der Waals surface area contributed by atoms with Gasteiger partial charge in [0.05, 0.1) is 0 Å². The van der Waals surface area contributed by atoms with E-state index < -0.39 is 12.0 Å².